The standard InChI is InChI=1S/C31H35N5O4/c1-21-12-14-22(15-13-21)19-35(29(37)20-36-27-11-7-6-10-26(27)33-34-36)30(31(38)32-23-8-4-5-9-23)25-17-16-24(39-2)18-28(25)40-3/h6-7,10-18,23,30H,4-5,8-9,19-20H2,1-3H3,(H,32,38). The van der Waals surface area contributed by atoms with E-state index in [-0.39, 0.29) is 30.9 Å². The average Bonchev–Trinajstić information content (AvgIpc) is 3.64. The van der Waals surface area contributed by atoms with Gasteiger partial charge in [0, 0.05) is 24.2 Å². The SMILES string of the molecule is COc1ccc(C(C(=O)NC2CCCC2)N(Cc2ccc(C)cc2)C(=O)Cn2nnc3ccccc32)c(OC)c1. The summed E-state index contributed by atoms with van der Waals surface area (Å²) in [4.78, 5) is 29.9. The van der Waals surface area contributed by atoms with Crippen LogP contribution in [0.25, 0.3) is 11.0 Å². The minimum absolute atomic E-state index is 0.0714. The molecule has 5 rings (SSSR count). The van der Waals surface area contributed by atoms with Gasteiger partial charge in [0.05, 0.1) is 19.7 Å². The Labute approximate surface area is 234 Å². The van der Waals surface area contributed by atoms with Crippen LogP contribution in [-0.2, 0) is 22.7 Å². The number of nitrogens with one attached hydrogen (secondary N) is 1. The summed E-state index contributed by atoms with van der Waals surface area (Å²) in [6.07, 6.45) is 4.00. The van der Waals surface area contributed by atoms with Crippen molar-refractivity contribution in [1.82, 2.24) is 25.2 Å². The smallest absolute Gasteiger partial charge is 0.247 e. The fourth-order valence-corrected chi connectivity index (χ4v) is 5.31. The molecule has 9 heteroatoms. The summed E-state index contributed by atoms with van der Waals surface area (Å²) in [5, 5.41) is 11.7. The van der Waals surface area contributed by atoms with E-state index in [1.807, 2.05) is 55.5 Å². The van der Waals surface area contributed by atoms with E-state index in [0.29, 0.717) is 22.6 Å². The maximum Gasteiger partial charge on any atom is 0.247 e. The van der Waals surface area contributed by atoms with Gasteiger partial charge in [-0.25, -0.2) is 4.68 Å². The van der Waals surface area contributed by atoms with Gasteiger partial charge < -0.3 is 19.7 Å². The highest BCUT2D eigenvalue weighted by atomic mass is 16.5. The molecule has 0 radical (unpaired) electrons. The molecule has 0 spiro atoms. The largest absolute Gasteiger partial charge is 0.497 e. The molecule has 1 unspecified atom stereocenters. The first-order valence-corrected chi connectivity index (χ1v) is 13.6. The number of hydrogen-bond donors (Lipinski definition) is 1. The Morgan fingerprint density at radius 1 is 1.02 bits per heavy atom. The van der Waals surface area contributed by atoms with E-state index in [9.17, 15) is 9.59 Å². The number of aryl methyl sites for hydroxylation is 1. The number of para-hydroxylation sites is 1. The van der Waals surface area contributed by atoms with Gasteiger partial charge in [0.2, 0.25) is 11.8 Å². The lowest BCUT2D eigenvalue weighted by molar-refractivity contribution is -0.142. The quantitative estimate of drug-likeness (QED) is 0.316. The summed E-state index contributed by atoms with van der Waals surface area (Å²) in [6, 6.07) is 19.9. The predicted molar refractivity (Wildman–Crippen MR) is 152 cm³/mol. The number of methoxy groups -OCH3 is 2. The second-order valence-corrected chi connectivity index (χ2v) is 10.2. The van der Waals surface area contributed by atoms with E-state index >= 15 is 0 Å². The molecule has 9 nitrogen and oxygen atoms in total. The highest BCUT2D eigenvalue weighted by Crippen LogP contribution is 2.35. The molecule has 1 fully saturated rings. The third-order valence-corrected chi connectivity index (χ3v) is 7.50. The zero-order valence-electron chi connectivity index (χ0n) is 23.2. The van der Waals surface area contributed by atoms with E-state index in [0.717, 1.165) is 42.3 Å². The van der Waals surface area contributed by atoms with Gasteiger partial charge in [0.15, 0.2) is 0 Å². The molecule has 3 aromatic carbocycles. The Kier molecular flexibility index (Phi) is 8.28. The number of aromatic nitrogens is 3. The summed E-state index contributed by atoms with van der Waals surface area (Å²) in [5.41, 5.74) is 4.06. The molecule has 0 aliphatic heterocycles. The third kappa shape index (κ3) is 5.93. The highest BCUT2D eigenvalue weighted by molar-refractivity contribution is 5.90. The first-order valence-electron chi connectivity index (χ1n) is 13.6. The molecule has 1 N–H and O–H groups in total. The number of hydrogen-bond acceptors (Lipinski definition) is 6. The molecule has 1 atom stereocenters. The summed E-state index contributed by atoms with van der Waals surface area (Å²) in [6.45, 7) is 2.17. The van der Waals surface area contributed by atoms with Gasteiger partial charge >= 0.3 is 0 Å². The lowest BCUT2D eigenvalue weighted by atomic mass is 10.0. The molecular formula is C31H35N5O4. The summed E-state index contributed by atoms with van der Waals surface area (Å²) < 4.78 is 12.7. The molecule has 1 aliphatic carbocycles. The van der Waals surface area contributed by atoms with Crippen molar-refractivity contribution < 1.29 is 19.1 Å². The van der Waals surface area contributed by atoms with Crippen LogP contribution >= 0.6 is 0 Å². The first-order chi connectivity index (χ1) is 19.5. The second-order valence-electron chi connectivity index (χ2n) is 10.2. The topological polar surface area (TPSA) is 98.6 Å². The second kappa shape index (κ2) is 12.2. The number of fused-ring (bicyclic) bond motifs is 1. The molecule has 208 valence electrons. The summed E-state index contributed by atoms with van der Waals surface area (Å²) in [7, 11) is 3.13. The van der Waals surface area contributed by atoms with E-state index < -0.39 is 6.04 Å². The Morgan fingerprint density at radius 2 is 1.77 bits per heavy atom. The molecule has 4 aromatic rings. The van der Waals surface area contributed by atoms with Gasteiger partial charge in [-0.2, -0.15) is 0 Å². The maximum absolute atomic E-state index is 14.2. The molecule has 0 bridgehead atoms. The van der Waals surface area contributed by atoms with Gasteiger partial charge in [0.1, 0.15) is 29.6 Å². The van der Waals surface area contributed by atoms with Crippen molar-refractivity contribution in [2.24, 2.45) is 0 Å². The van der Waals surface area contributed by atoms with Crippen molar-refractivity contribution in [2.45, 2.75) is 57.8 Å². The minimum Gasteiger partial charge on any atom is -0.497 e. The zero-order chi connectivity index (χ0) is 28.1. The van der Waals surface area contributed by atoms with Gasteiger partial charge in [0.25, 0.3) is 0 Å². The third-order valence-electron chi connectivity index (χ3n) is 7.50. The molecular weight excluding hydrogens is 506 g/mol. The lowest BCUT2D eigenvalue weighted by Crippen LogP contribution is -2.46. The molecule has 1 saturated carbocycles. The van der Waals surface area contributed by atoms with Gasteiger partial charge in [-0.1, -0.05) is 60.0 Å². The van der Waals surface area contributed by atoms with Crippen LogP contribution in [0, 0.1) is 6.92 Å². The molecule has 1 aromatic heterocycles. The van der Waals surface area contributed by atoms with E-state index in [4.69, 9.17) is 9.47 Å². The number of benzene rings is 3. The molecule has 1 aliphatic rings. The number of nitrogens with zero attached hydrogens (tertiary/aromatic N) is 4. The van der Waals surface area contributed by atoms with Crippen molar-refractivity contribution in [1.29, 1.82) is 0 Å². The van der Waals surface area contributed by atoms with Crippen LogP contribution in [0.4, 0.5) is 0 Å². The fraction of sp³-hybridized carbons (Fsp3) is 0.355. The van der Waals surface area contributed by atoms with Crippen molar-refractivity contribution in [2.75, 3.05) is 14.2 Å². The van der Waals surface area contributed by atoms with E-state index in [1.165, 1.54) is 0 Å². The molecule has 40 heavy (non-hydrogen) atoms. The maximum atomic E-state index is 14.2. The summed E-state index contributed by atoms with van der Waals surface area (Å²) >= 11 is 0. The molecule has 0 saturated heterocycles. The predicted octanol–water partition coefficient (Wildman–Crippen LogP) is 4.59. The van der Waals surface area contributed by atoms with Crippen molar-refractivity contribution in [3.8, 4) is 11.5 Å². The van der Waals surface area contributed by atoms with Gasteiger partial charge in [-0.05, 0) is 49.6 Å². The average molecular weight is 542 g/mol. The van der Waals surface area contributed by atoms with Crippen LogP contribution in [0.15, 0.2) is 66.7 Å². The van der Waals surface area contributed by atoms with Crippen LogP contribution in [0.1, 0.15) is 48.4 Å². The van der Waals surface area contributed by atoms with Crippen molar-refractivity contribution in [3.05, 3.63) is 83.4 Å². The fourth-order valence-electron chi connectivity index (χ4n) is 5.31. The number of carbonyl (C=O) groups excluding carboxylic acids is 2. The van der Waals surface area contributed by atoms with Crippen LogP contribution in [0.2, 0.25) is 0 Å². The number of carbonyl (C=O) groups is 2. The Bertz CT molecular complexity index is 1480. The van der Waals surface area contributed by atoms with Crippen molar-refractivity contribution in [3.63, 3.8) is 0 Å². The van der Waals surface area contributed by atoms with E-state index in [2.05, 4.69) is 15.6 Å². The first kappa shape index (κ1) is 27.2. The normalized spacial score (nSPS) is 14.2. The van der Waals surface area contributed by atoms with Crippen LogP contribution in [0.3, 0.4) is 0 Å². The molecule has 1 heterocycles. The molecule has 2 amide bonds. The number of rotatable bonds is 10. The minimum atomic E-state index is -0.940. The Balaban J connectivity index is 1.57. The number of amides is 2. The highest BCUT2D eigenvalue weighted by Gasteiger charge is 2.35. The lowest BCUT2D eigenvalue weighted by Gasteiger charge is -2.33. The van der Waals surface area contributed by atoms with E-state index in [1.54, 1.807) is 42.0 Å². The number of ether oxygens (including phenoxy) is 2. The Morgan fingerprint density at radius 3 is 2.50 bits per heavy atom. The monoisotopic (exact) mass is 541 g/mol. The van der Waals surface area contributed by atoms with Crippen molar-refractivity contribution >= 4 is 22.8 Å². The van der Waals surface area contributed by atoms with Gasteiger partial charge in [-0.3, -0.25) is 9.59 Å². The summed E-state index contributed by atoms with van der Waals surface area (Å²) in [5.74, 6) is 0.569. The zero-order valence-corrected chi connectivity index (χ0v) is 23.2. The van der Waals surface area contributed by atoms with Crippen LogP contribution < -0.4 is 14.8 Å². The van der Waals surface area contributed by atoms with Crippen LogP contribution in [-0.4, -0.2) is 52.0 Å². The van der Waals surface area contributed by atoms with Gasteiger partial charge in [-0.15, -0.1) is 5.10 Å². The Hall–Kier alpha value is -4.40. The van der Waals surface area contributed by atoms with Crippen LogP contribution in [0.5, 0.6) is 11.5 Å².